The van der Waals surface area contributed by atoms with E-state index in [2.05, 4.69) is 10.4 Å². The summed E-state index contributed by atoms with van der Waals surface area (Å²) in [6.45, 7) is 7.80. The predicted octanol–water partition coefficient (Wildman–Crippen LogP) is 3.01. The fraction of sp³-hybridized carbons (Fsp3) is 0.786. The first-order chi connectivity index (χ1) is 9.67. The number of aryl methyl sites for hydroxylation is 2. The number of aromatic nitrogens is 2. The van der Waals surface area contributed by atoms with Crippen molar-refractivity contribution in [2.45, 2.75) is 52.9 Å². The van der Waals surface area contributed by atoms with Crippen LogP contribution in [0.1, 0.15) is 38.4 Å². The first kappa shape index (κ1) is 17.8. The lowest BCUT2D eigenvalue weighted by atomic mass is 10.2. The van der Waals surface area contributed by atoms with Gasteiger partial charge in [0.1, 0.15) is 12.4 Å². The topological polar surface area (TPSA) is 33.1 Å². The zero-order chi connectivity index (χ0) is 16.2. The Labute approximate surface area is 124 Å². The Bertz CT molecular complexity index is 452. The molecule has 0 saturated heterocycles. The van der Waals surface area contributed by atoms with Gasteiger partial charge in [0.2, 0.25) is 0 Å². The second-order valence-electron chi connectivity index (χ2n) is 5.52. The molecule has 0 aromatic carbocycles. The van der Waals surface area contributed by atoms with E-state index in [4.69, 9.17) is 0 Å². The summed E-state index contributed by atoms with van der Waals surface area (Å²) in [5.41, 5.74) is 1.60. The van der Waals surface area contributed by atoms with Crippen LogP contribution in [-0.4, -0.2) is 35.1 Å². The lowest BCUT2D eigenvalue weighted by Crippen LogP contribution is -2.41. The summed E-state index contributed by atoms with van der Waals surface area (Å²) >= 11 is 0. The highest BCUT2D eigenvalue weighted by molar-refractivity contribution is 5.51. The van der Waals surface area contributed by atoms with Crippen LogP contribution in [0.3, 0.4) is 0 Å². The molecule has 7 heteroatoms. The highest BCUT2D eigenvalue weighted by atomic mass is 19.4. The van der Waals surface area contributed by atoms with Crippen molar-refractivity contribution in [2.75, 3.05) is 18.0 Å². The van der Waals surface area contributed by atoms with Crippen molar-refractivity contribution in [3.8, 4) is 0 Å². The first-order valence-electron chi connectivity index (χ1n) is 7.24. The van der Waals surface area contributed by atoms with Crippen LogP contribution in [0.2, 0.25) is 0 Å². The molecular formula is C14H25F3N4. The van der Waals surface area contributed by atoms with Crippen LogP contribution < -0.4 is 10.2 Å². The smallest absolute Gasteiger partial charge is 0.345 e. The summed E-state index contributed by atoms with van der Waals surface area (Å²) in [6, 6.07) is -0.258. The normalized spacial score (nSPS) is 12.2. The van der Waals surface area contributed by atoms with Gasteiger partial charge in [0.25, 0.3) is 0 Å². The van der Waals surface area contributed by atoms with Gasteiger partial charge in [-0.2, -0.15) is 18.3 Å². The summed E-state index contributed by atoms with van der Waals surface area (Å²) < 4.78 is 40.1. The molecule has 0 unspecified atom stereocenters. The number of nitrogens with zero attached hydrogens (tertiary/aromatic N) is 3. The van der Waals surface area contributed by atoms with E-state index in [1.807, 2.05) is 13.8 Å². The van der Waals surface area contributed by atoms with Crippen LogP contribution >= 0.6 is 0 Å². The Kier molecular flexibility index (Phi) is 6.07. The Morgan fingerprint density at radius 1 is 1.33 bits per heavy atom. The minimum absolute atomic E-state index is 0.258. The standard InChI is InChI=1S/C14H25F3N4/c1-6-7-18-8-12-11(4)19-20(5)13(12)21(10(2)3)9-14(15,16)17/h10,18H,6-9H2,1-5H3. The number of halogens is 3. The number of hydrogen-bond donors (Lipinski definition) is 1. The molecule has 1 aromatic rings. The van der Waals surface area contributed by atoms with E-state index in [1.165, 1.54) is 4.90 Å². The number of hydrogen-bond acceptors (Lipinski definition) is 3. The summed E-state index contributed by atoms with van der Waals surface area (Å²) in [5.74, 6) is 0.545. The van der Waals surface area contributed by atoms with E-state index in [0.717, 1.165) is 24.2 Å². The maximum absolute atomic E-state index is 12.8. The SMILES string of the molecule is CCCNCc1c(C)nn(C)c1N(CC(F)(F)F)C(C)C. The fourth-order valence-corrected chi connectivity index (χ4v) is 2.34. The molecular weight excluding hydrogens is 281 g/mol. The Hall–Kier alpha value is -1.24. The third kappa shape index (κ3) is 4.91. The van der Waals surface area contributed by atoms with Crippen LogP contribution in [0.25, 0.3) is 0 Å². The first-order valence-corrected chi connectivity index (χ1v) is 7.24. The average molecular weight is 306 g/mol. The average Bonchev–Trinajstić information content (AvgIpc) is 2.60. The van der Waals surface area contributed by atoms with E-state index >= 15 is 0 Å². The third-order valence-corrected chi connectivity index (χ3v) is 3.29. The number of nitrogens with one attached hydrogen (secondary N) is 1. The van der Waals surface area contributed by atoms with Crippen molar-refractivity contribution in [1.29, 1.82) is 0 Å². The summed E-state index contributed by atoms with van der Waals surface area (Å²) in [5, 5.41) is 7.53. The van der Waals surface area contributed by atoms with Crippen LogP contribution in [0.4, 0.5) is 19.0 Å². The van der Waals surface area contributed by atoms with E-state index in [9.17, 15) is 13.2 Å². The monoisotopic (exact) mass is 306 g/mol. The van der Waals surface area contributed by atoms with Crippen LogP contribution in [-0.2, 0) is 13.6 Å². The van der Waals surface area contributed by atoms with Crippen molar-refractivity contribution >= 4 is 5.82 Å². The quantitative estimate of drug-likeness (QED) is 0.786. The van der Waals surface area contributed by atoms with E-state index in [1.54, 1.807) is 25.6 Å². The number of rotatable bonds is 7. The van der Waals surface area contributed by atoms with Crippen LogP contribution in [0.5, 0.6) is 0 Å². The van der Waals surface area contributed by atoms with Gasteiger partial charge in [0.15, 0.2) is 0 Å². The van der Waals surface area contributed by atoms with E-state index in [-0.39, 0.29) is 6.04 Å². The molecule has 0 radical (unpaired) electrons. The van der Waals surface area contributed by atoms with Gasteiger partial charge in [-0.25, -0.2) is 0 Å². The van der Waals surface area contributed by atoms with Gasteiger partial charge >= 0.3 is 6.18 Å². The van der Waals surface area contributed by atoms with Gasteiger partial charge in [-0.1, -0.05) is 6.92 Å². The second-order valence-corrected chi connectivity index (χ2v) is 5.52. The van der Waals surface area contributed by atoms with Gasteiger partial charge in [0.05, 0.1) is 5.69 Å². The molecule has 0 saturated carbocycles. The zero-order valence-electron chi connectivity index (χ0n) is 13.4. The fourth-order valence-electron chi connectivity index (χ4n) is 2.34. The molecule has 0 aliphatic heterocycles. The van der Waals surface area contributed by atoms with Crippen molar-refractivity contribution < 1.29 is 13.2 Å². The summed E-state index contributed by atoms with van der Waals surface area (Å²) in [7, 11) is 1.69. The molecule has 0 aliphatic carbocycles. The molecule has 0 amide bonds. The van der Waals surface area contributed by atoms with Gasteiger partial charge in [0, 0.05) is 25.2 Å². The van der Waals surface area contributed by atoms with Crippen LogP contribution in [0.15, 0.2) is 0 Å². The second kappa shape index (κ2) is 7.15. The number of anilines is 1. The maximum Gasteiger partial charge on any atom is 0.405 e. The molecule has 0 bridgehead atoms. The van der Waals surface area contributed by atoms with Crippen LogP contribution in [0, 0.1) is 6.92 Å². The van der Waals surface area contributed by atoms with Crippen molar-refractivity contribution in [1.82, 2.24) is 15.1 Å². The van der Waals surface area contributed by atoms with Crippen molar-refractivity contribution in [3.63, 3.8) is 0 Å². The molecule has 21 heavy (non-hydrogen) atoms. The maximum atomic E-state index is 12.8. The molecule has 1 heterocycles. The molecule has 4 nitrogen and oxygen atoms in total. The molecule has 0 spiro atoms. The minimum atomic E-state index is -4.24. The lowest BCUT2D eigenvalue weighted by Gasteiger charge is -2.30. The minimum Gasteiger partial charge on any atom is -0.345 e. The highest BCUT2D eigenvalue weighted by Crippen LogP contribution is 2.28. The molecule has 1 rings (SSSR count). The molecule has 1 N–H and O–H groups in total. The zero-order valence-corrected chi connectivity index (χ0v) is 13.4. The molecule has 0 atom stereocenters. The van der Waals surface area contributed by atoms with E-state index in [0.29, 0.717) is 12.4 Å². The summed E-state index contributed by atoms with van der Waals surface area (Å²) in [4.78, 5) is 1.36. The highest BCUT2D eigenvalue weighted by Gasteiger charge is 2.34. The Balaban J connectivity index is 3.11. The van der Waals surface area contributed by atoms with E-state index < -0.39 is 12.7 Å². The Morgan fingerprint density at radius 2 is 1.95 bits per heavy atom. The van der Waals surface area contributed by atoms with Gasteiger partial charge in [-0.05, 0) is 33.7 Å². The van der Waals surface area contributed by atoms with Gasteiger partial charge < -0.3 is 10.2 Å². The van der Waals surface area contributed by atoms with Gasteiger partial charge in [-0.15, -0.1) is 0 Å². The molecule has 122 valence electrons. The summed E-state index contributed by atoms with van der Waals surface area (Å²) in [6.07, 6.45) is -3.26. The predicted molar refractivity (Wildman–Crippen MR) is 78.5 cm³/mol. The largest absolute Gasteiger partial charge is 0.405 e. The number of alkyl halides is 3. The molecule has 0 aliphatic rings. The van der Waals surface area contributed by atoms with Gasteiger partial charge in [-0.3, -0.25) is 4.68 Å². The van der Waals surface area contributed by atoms with Crippen molar-refractivity contribution in [3.05, 3.63) is 11.3 Å². The lowest BCUT2D eigenvalue weighted by molar-refractivity contribution is -0.120. The Morgan fingerprint density at radius 3 is 2.43 bits per heavy atom. The van der Waals surface area contributed by atoms with Crippen molar-refractivity contribution in [2.24, 2.45) is 7.05 Å². The molecule has 1 aromatic heterocycles. The molecule has 0 fully saturated rings. The third-order valence-electron chi connectivity index (χ3n) is 3.29.